The number of carbonyl (C=O) groups excluding carboxylic acids is 1. The quantitative estimate of drug-likeness (QED) is 0.731. The van der Waals surface area contributed by atoms with Gasteiger partial charge in [-0.2, -0.15) is 0 Å². The lowest BCUT2D eigenvalue weighted by Crippen LogP contribution is -2.13. The number of carbonyl (C=O) groups is 1. The summed E-state index contributed by atoms with van der Waals surface area (Å²) in [4.78, 5) is 15.9. The molecule has 1 unspecified atom stereocenters. The van der Waals surface area contributed by atoms with Crippen LogP contribution in [0.1, 0.15) is 49.2 Å². The molecule has 6 heteroatoms. The van der Waals surface area contributed by atoms with Gasteiger partial charge in [-0.15, -0.1) is 0 Å². The van der Waals surface area contributed by atoms with E-state index in [-0.39, 0.29) is 5.15 Å². The van der Waals surface area contributed by atoms with Crippen molar-refractivity contribution in [2.45, 2.75) is 39.5 Å². The van der Waals surface area contributed by atoms with Crippen LogP contribution in [0.3, 0.4) is 0 Å². The van der Waals surface area contributed by atoms with Crippen LogP contribution < -0.4 is 5.32 Å². The molecule has 1 aromatic heterocycles. The number of nitrogens with one attached hydrogen (secondary N) is 1. The zero-order chi connectivity index (χ0) is 14.3. The molecular weight excluding hydrogens is 284 g/mol. The summed E-state index contributed by atoms with van der Waals surface area (Å²) in [5.41, 5.74) is 0. The Morgan fingerprint density at radius 2 is 2.26 bits per heavy atom. The second kappa shape index (κ2) is 8.38. The molecule has 0 amide bonds. The zero-order valence-corrected chi connectivity index (χ0v) is 13.2. The Morgan fingerprint density at radius 1 is 1.53 bits per heavy atom. The van der Waals surface area contributed by atoms with E-state index in [0.717, 1.165) is 13.0 Å². The van der Waals surface area contributed by atoms with Crippen molar-refractivity contribution in [3.63, 3.8) is 0 Å². The minimum Gasteiger partial charge on any atom is -0.465 e. The number of aromatic nitrogens is 1. The van der Waals surface area contributed by atoms with Crippen LogP contribution in [0, 0.1) is 5.92 Å². The fourth-order valence-corrected chi connectivity index (χ4v) is 2.88. The molecular formula is C13H21ClN2O2S. The van der Waals surface area contributed by atoms with Crippen LogP contribution in [0.25, 0.3) is 0 Å². The number of anilines is 1. The third-order valence-corrected chi connectivity index (χ3v) is 4.42. The predicted octanol–water partition coefficient (Wildman–Crippen LogP) is 4.21. The number of ether oxygens (including phenoxy) is 1. The van der Waals surface area contributed by atoms with Gasteiger partial charge in [-0.3, -0.25) is 0 Å². The molecule has 0 fully saturated rings. The summed E-state index contributed by atoms with van der Waals surface area (Å²) in [5, 5.41) is 4.15. The molecule has 0 aliphatic rings. The van der Waals surface area contributed by atoms with Gasteiger partial charge in [-0.1, -0.05) is 56.0 Å². The molecule has 0 aromatic carbocycles. The fourth-order valence-electron chi connectivity index (χ4n) is 1.77. The molecule has 1 aromatic rings. The Labute approximate surface area is 123 Å². The van der Waals surface area contributed by atoms with Crippen molar-refractivity contribution in [2.24, 2.45) is 5.92 Å². The first-order valence-corrected chi connectivity index (χ1v) is 7.80. The summed E-state index contributed by atoms with van der Waals surface area (Å²) in [5.74, 6) is 0.192. The monoisotopic (exact) mass is 304 g/mol. The first-order chi connectivity index (χ1) is 9.12. The summed E-state index contributed by atoms with van der Waals surface area (Å²) < 4.78 is 4.65. The summed E-state index contributed by atoms with van der Waals surface area (Å²) in [6.07, 6.45) is 4.80. The SMILES string of the molecule is CCCCC(CC)CNc1nc(Cl)c(C(=O)OC)s1. The molecule has 4 nitrogen and oxygen atoms in total. The van der Waals surface area contributed by atoms with Crippen molar-refractivity contribution in [1.29, 1.82) is 0 Å². The number of halogens is 1. The maximum Gasteiger partial charge on any atom is 0.351 e. The number of hydrogen-bond acceptors (Lipinski definition) is 5. The van der Waals surface area contributed by atoms with E-state index in [9.17, 15) is 4.79 Å². The van der Waals surface area contributed by atoms with Crippen molar-refractivity contribution in [3.05, 3.63) is 10.0 Å². The van der Waals surface area contributed by atoms with Crippen molar-refractivity contribution in [3.8, 4) is 0 Å². The molecule has 1 atom stereocenters. The van der Waals surface area contributed by atoms with E-state index >= 15 is 0 Å². The molecule has 0 bridgehead atoms. The van der Waals surface area contributed by atoms with Crippen LogP contribution in [0.2, 0.25) is 5.15 Å². The third-order valence-electron chi connectivity index (χ3n) is 3.04. The first kappa shape index (κ1) is 16.2. The fraction of sp³-hybridized carbons (Fsp3) is 0.692. The summed E-state index contributed by atoms with van der Waals surface area (Å²) in [7, 11) is 1.34. The van der Waals surface area contributed by atoms with Crippen LogP contribution in [-0.2, 0) is 4.74 Å². The smallest absolute Gasteiger partial charge is 0.351 e. The lowest BCUT2D eigenvalue weighted by atomic mass is 10.00. The number of hydrogen-bond donors (Lipinski definition) is 1. The highest BCUT2D eigenvalue weighted by atomic mass is 35.5. The zero-order valence-electron chi connectivity index (χ0n) is 11.7. The minimum absolute atomic E-state index is 0.209. The van der Waals surface area contributed by atoms with E-state index in [2.05, 4.69) is 28.9 Å². The first-order valence-electron chi connectivity index (χ1n) is 6.60. The molecule has 1 N–H and O–H groups in total. The van der Waals surface area contributed by atoms with Gasteiger partial charge in [0.15, 0.2) is 15.2 Å². The van der Waals surface area contributed by atoms with Crippen LogP contribution >= 0.6 is 22.9 Å². The van der Waals surface area contributed by atoms with Gasteiger partial charge < -0.3 is 10.1 Å². The second-order valence-corrected chi connectivity index (χ2v) is 5.79. The number of nitrogens with zero attached hydrogens (tertiary/aromatic N) is 1. The molecule has 1 rings (SSSR count). The van der Waals surface area contributed by atoms with E-state index in [0.29, 0.717) is 15.9 Å². The Hall–Kier alpha value is -0.810. The topological polar surface area (TPSA) is 51.2 Å². The van der Waals surface area contributed by atoms with Gasteiger partial charge in [-0.25, -0.2) is 9.78 Å². The number of esters is 1. The van der Waals surface area contributed by atoms with Gasteiger partial charge in [0.25, 0.3) is 0 Å². The van der Waals surface area contributed by atoms with Crippen molar-refractivity contribution >= 4 is 34.0 Å². The van der Waals surface area contributed by atoms with Crippen LogP contribution in [0.4, 0.5) is 5.13 Å². The number of thiazole rings is 1. The number of methoxy groups -OCH3 is 1. The van der Waals surface area contributed by atoms with Gasteiger partial charge in [0, 0.05) is 6.54 Å². The average molecular weight is 305 g/mol. The standard InChI is InChI=1S/C13H21ClN2O2S/c1-4-6-7-9(5-2)8-15-13-16-11(14)10(19-13)12(17)18-3/h9H,4-8H2,1-3H3,(H,15,16). The Kier molecular flexibility index (Phi) is 7.16. The maximum atomic E-state index is 11.4. The molecule has 0 spiro atoms. The van der Waals surface area contributed by atoms with Crippen LogP contribution in [-0.4, -0.2) is 24.6 Å². The number of unbranched alkanes of at least 4 members (excludes halogenated alkanes) is 1. The summed E-state index contributed by atoms with van der Waals surface area (Å²) in [6.45, 7) is 5.25. The summed E-state index contributed by atoms with van der Waals surface area (Å²) >= 11 is 7.15. The van der Waals surface area contributed by atoms with Crippen molar-refractivity contribution in [1.82, 2.24) is 4.98 Å². The predicted molar refractivity (Wildman–Crippen MR) is 80.3 cm³/mol. The van der Waals surface area contributed by atoms with Crippen LogP contribution in [0.5, 0.6) is 0 Å². The van der Waals surface area contributed by atoms with Gasteiger partial charge in [0.05, 0.1) is 7.11 Å². The second-order valence-electron chi connectivity index (χ2n) is 4.43. The Morgan fingerprint density at radius 3 is 2.84 bits per heavy atom. The maximum absolute atomic E-state index is 11.4. The average Bonchev–Trinajstić information content (AvgIpc) is 2.79. The molecule has 108 valence electrons. The van der Waals surface area contributed by atoms with E-state index in [4.69, 9.17) is 11.6 Å². The van der Waals surface area contributed by atoms with Gasteiger partial charge >= 0.3 is 5.97 Å². The molecule has 0 saturated heterocycles. The van der Waals surface area contributed by atoms with Gasteiger partial charge in [-0.05, 0) is 12.3 Å². The molecule has 0 radical (unpaired) electrons. The molecule has 19 heavy (non-hydrogen) atoms. The highest BCUT2D eigenvalue weighted by Gasteiger charge is 2.17. The highest BCUT2D eigenvalue weighted by molar-refractivity contribution is 7.18. The summed E-state index contributed by atoms with van der Waals surface area (Å²) in [6, 6.07) is 0. The third kappa shape index (κ3) is 4.99. The van der Waals surface area contributed by atoms with E-state index in [1.54, 1.807) is 0 Å². The normalized spacial score (nSPS) is 12.2. The molecule has 0 aliphatic carbocycles. The lowest BCUT2D eigenvalue weighted by Gasteiger charge is -2.14. The Balaban J connectivity index is 2.55. The highest BCUT2D eigenvalue weighted by Crippen LogP contribution is 2.28. The number of rotatable bonds is 8. The molecule has 0 aliphatic heterocycles. The van der Waals surface area contributed by atoms with Crippen molar-refractivity contribution < 1.29 is 9.53 Å². The van der Waals surface area contributed by atoms with Gasteiger partial charge in [0.2, 0.25) is 0 Å². The van der Waals surface area contributed by atoms with Crippen molar-refractivity contribution in [2.75, 3.05) is 19.0 Å². The van der Waals surface area contributed by atoms with Gasteiger partial charge in [0.1, 0.15) is 0 Å². The molecule has 0 saturated carbocycles. The van der Waals surface area contributed by atoms with E-state index < -0.39 is 5.97 Å². The minimum atomic E-state index is -0.437. The largest absolute Gasteiger partial charge is 0.465 e. The lowest BCUT2D eigenvalue weighted by molar-refractivity contribution is 0.0606. The van der Waals surface area contributed by atoms with E-state index in [1.807, 2.05) is 0 Å². The Bertz CT molecular complexity index is 409. The molecule has 1 heterocycles. The van der Waals surface area contributed by atoms with Crippen LogP contribution in [0.15, 0.2) is 0 Å². The van der Waals surface area contributed by atoms with E-state index in [1.165, 1.54) is 37.7 Å².